The molecule has 0 atom stereocenters. The molecule has 6 nitrogen and oxygen atoms in total. The largest absolute Gasteiger partial charge is 0.478 e. The molecule has 1 aromatic rings. The Bertz CT molecular complexity index is 457. The number of rotatable bonds is 6. The standard InChI is InChI=1S/C14H20N2O4/c1-10(2)20-9-8-16(3)14(19)15-12-6-4-11(5-7-12)13(17)18/h4-7,10H,8-9H2,1-3H3,(H,15,19)(H,17,18). The molecule has 2 amide bonds. The number of ether oxygens (including phenoxy) is 1. The fourth-order valence-corrected chi connectivity index (χ4v) is 1.44. The van der Waals surface area contributed by atoms with Crippen molar-refractivity contribution in [3.8, 4) is 0 Å². The third kappa shape index (κ3) is 5.27. The van der Waals surface area contributed by atoms with Crippen LogP contribution >= 0.6 is 0 Å². The number of hydrogen-bond donors (Lipinski definition) is 2. The van der Waals surface area contributed by atoms with Gasteiger partial charge in [-0.05, 0) is 38.1 Å². The summed E-state index contributed by atoms with van der Waals surface area (Å²) in [6.07, 6.45) is 0.134. The zero-order chi connectivity index (χ0) is 15.1. The van der Waals surface area contributed by atoms with Crippen LogP contribution in [-0.2, 0) is 4.74 Å². The molecule has 0 aliphatic carbocycles. The van der Waals surface area contributed by atoms with E-state index in [9.17, 15) is 9.59 Å². The van der Waals surface area contributed by atoms with Crippen LogP contribution in [0.1, 0.15) is 24.2 Å². The molecule has 0 aliphatic heterocycles. The van der Waals surface area contributed by atoms with Crippen LogP contribution in [0.3, 0.4) is 0 Å². The van der Waals surface area contributed by atoms with E-state index in [1.807, 2.05) is 13.8 Å². The molecular formula is C14H20N2O4. The zero-order valence-corrected chi connectivity index (χ0v) is 11.9. The molecule has 0 fully saturated rings. The molecule has 20 heavy (non-hydrogen) atoms. The minimum atomic E-state index is -0.995. The van der Waals surface area contributed by atoms with Gasteiger partial charge in [0.25, 0.3) is 0 Å². The molecule has 110 valence electrons. The Morgan fingerprint density at radius 1 is 1.30 bits per heavy atom. The number of urea groups is 1. The highest BCUT2D eigenvalue weighted by molar-refractivity contribution is 5.91. The number of anilines is 1. The summed E-state index contributed by atoms with van der Waals surface area (Å²) in [7, 11) is 1.67. The van der Waals surface area contributed by atoms with Gasteiger partial charge in [0.15, 0.2) is 0 Å². The molecule has 0 aromatic heterocycles. The lowest BCUT2D eigenvalue weighted by molar-refractivity contribution is 0.0689. The first-order valence-electron chi connectivity index (χ1n) is 6.37. The molecular weight excluding hydrogens is 260 g/mol. The van der Waals surface area contributed by atoms with E-state index in [2.05, 4.69) is 5.32 Å². The van der Waals surface area contributed by atoms with Crippen molar-refractivity contribution in [1.82, 2.24) is 4.90 Å². The van der Waals surface area contributed by atoms with Crippen molar-refractivity contribution in [1.29, 1.82) is 0 Å². The maximum absolute atomic E-state index is 11.8. The fourth-order valence-electron chi connectivity index (χ4n) is 1.44. The van der Waals surface area contributed by atoms with Gasteiger partial charge in [0.05, 0.1) is 18.3 Å². The number of amides is 2. The summed E-state index contributed by atoms with van der Waals surface area (Å²) < 4.78 is 5.37. The smallest absolute Gasteiger partial charge is 0.335 e. The average Bonchev–Trinajstić information content (AvgIpc) is 2.38. The van der Waals surface area contributed by atoms with Crippen LogP contribution in [0.2, 0.25) is 0 Å². The molecule has 0 radical (unpaired) electrons. The number of aromatic carboxylic acids is 1. The van der Waals surface area contributed by atoms with Crippen LogP contribution in [0.15, 0.2) is 24.3 Å². The number of carboxylic acids is 1. The van der Waals surface area contributed by atoms with Crippen LogP contribution in [-0.4, -0.2) is 48.3 Å². The predicted molar refractivity (Wildman–Crippen MR) is 76.1 cm³/mol. The quantitative estimate of drug-likeness (QED) is 0.837. The molecule has 0 heterocycles. The second-order valence-corrected chi connectivity index (χ2v) is 4.65. The summed E-state index contributed by atoms with van der Waals surface area (Å²) in [5.41, 5.74) is 0.735. The molecule has 1 rings (SSSR count). The molecule has 6 heteroatoms. The second-order valence-electron chi connectivity index (χ2n) is 4.65. The Balaban J connectivity index is 2.46. The number of likely N-dealkylation sites (N-methyl/N-ethyl adjacent to an activating group) is 1. The Hall–Kier alpha value is -2.08. The second kappa shape index (κ2) is 7.49. The molecule has 1 aromatic carbocycles. The Morgan fingerprint density at radius 3 is 2.40 bits per heavy atom. The van der Waals surface area contributed by atoms with Gasteiger partial charge in [0.1, 0.15) is 0 Å². The third-order valence-electron chi connectivity index (χ3n) is 2.61. The number of benzene rings is 1. The Labute approximate surface area is 118 Å². The fraction of sp³-hybridized carbons (Fsp3) is 0.429. The summed E-state index contributed by atoms with van der Waals surface area (Å²) in [6.45, 7) is 4.82. The first-order valence-corrected chi connectivity index (χ1v) is 6.37. The number of nitrogens with one attached hydrogen (secondary N) is 1. The molecule has 0 saturated carbocycles. The lowest BCUT2D eigenvalue weighted by Gasteiger charge is -2.18. The lowest BCUT2D eigenvalue weighted by atomic mass is 10.2. The van der Waals surface area contributed by atoms with E-state index in [0.29, 0.717) is 18.8 Å². The van der Waals surface area contributed by atoms with Gasteiger partial charge < -0.3 is 20.1 Å². The maximum Gasteiger partial charge on any atom is 0.335 e. The maximum atomic E-state index is 11.8. The van der Waals surface area contributed by atoms with E-state index in [0.717, 1.165) is 0 Å². The highest BCUT2D eigenvalue weighted by Gasteiger charge is 2.09. The first kappa shape index (κ1) is 16.0. The van der Waals surface area contributed by atoms with Crippen LogP contribution in [0, 0.1) is 0 Å². The van der Waals surface area contributed by atoms with Gasteiger partial charge in [-0.3, -0.25) is 0 Å². The molecule has 0 unspecified atom stereocenters. The van der Waals surface area contributed by atoms with Gasteiger partial charge in [0, 0.05) is 19.3 Å². The van der Waals surface area contributed by atoms with Gasteiger partial charge >= 0.3 is 12.0 Å². The van der Waals surface area contributed by atoms with Crippen LogP contribution in [0.4, 0.5) is 10.5 Å². The molecule has 0 aliphatic rings. The lowest BCUT2D eigenvalue weighted by Crippen LogP contribution is -2.34. The third-order valence-corrected chi connectivity index (χ3v) is 2.61. The normalized spacial score (nSPS) is 10.4. The monoisotopic (exact) mass is 280 g/mol. The van der Waals surface area contributed by atoms with E-state index in [1.165, 1.54) is 17.0 Å². The molecule has 0 spiro atoms. The van der Waals surface area contributed by atoms with Crippen molar-refractivity contribution in [3.05, 3.63) is 29.8 Å². The Morgan fingerprint density at radius 2 is 1.90 bits per heavy atom. The molecule has 0 bridgehead atoms. The predicted octanol–water partition coefficient (Wildman–Crippen LogP) is 2.27. The topological polar surface area (TPSA) is 78.9 Å². The van der Waals surface area contributed by atoms with Crippen molar-refractivity contribution >= 4 is 17.7 Å². The van der Waals surface area contributed by atoms with Gasteiger partial charge in [-0.2, -0.15) is 0 Å². The van der Waals surface area contributed by atoms with Gasteiger partial charge in [-0.25, -0.2) is 9.59 Å². The first-order chi connectivity index (χ1) is 9.40. The minimum absolute atomic E-state index is 0.134. The van der Waals surface area contributed by atoms with Crippen LogP contribution < -0.4 is 5.32 Å². The summed E-state index contributed by atoms with van der Waals surface area (Å²) in [6, 6.07) is 5.74. The van der Waals surface area contributed by atoms with E-state index < -0.39 is 5.97 Å². The van der Waals surface area contributed by atoms with E-state index in [-0.39, 0.29) is 17.7 Å². The van der Waals surface area contributed by atoms with Crippen molar-refractivity contribution in [2.45, 2.75) is 20.0 Å². The number of nitrogens with zero attached hydrogens (tertiary/aromatic N) is 1. The minimum Gasteiger partial charge on any atom is -0.478 e. The van der Waals surface area contributed by atoms with Gasteiger partial charge in [-0.1, -0.05) is 0 Å². The van der Waals surface area contributed by atoms with Crippen molar-refractivity contribution < 1.29 is 19.4 Å². The SMILES string of the molecule is CC(C)OCCN(C)C(=O)Nc1ccc(C(=O)O)cc1. The average molecular weight is 280 g/mol. The van der Waals surface area contributed by atoms with Crippen LogP contribution in [0.5, 0.6) is 0 Å². The molecule has 0 saturated heterocycles. The summed E-state index contributed by atoms with van der Waals surface area (Å²) in [5, 5.41) is 11.5. The van der Waals surface area contributed by atoms with Gasteiger partial charge in [0.2, 0.25) is 0 Å². The Kier molecular flexibility index (Phi) is 5.99. The molecule has 2 N–H and O–H groups in total. The summed E-state index contributed by atoms with van der Waals surface area (Å²) in [5.74, 6) is -0.995. The van der Waals surface area contributed by atoms with Gasteiger partial charge in [-0.15, -0.1) is 0 Å². The zero-order valence-electron chi connectivity index (χ0n) is 11.9. The van der Waals surface area contributed by atoms with Crippen molar-refractivity contribution in [2.24, 2.45) is 0 Å². The highest BCUT2D eigenvalue weighted by atomic mass is 16.5. The number of carbonyl (C=O) groups is 2. The van der Waals surface area contributed by atoms with E-state index in [1.54, 1.807) is 19.2 Å². The van der Waals surface area contributed by atoms with Crippen LogP contribution in [0.25, 0.3) is 0 Å². The highest BCUT2D eigenvalue weighted by Crippen LogP contribution is 2.10. The number of hydrogen-bond acceptors (Lipinski definition) is 3. The van der Waals surface area contributed by atoms with E-state index >= 15 is 0 Å². The summed E-state index contributed by atoms with van der Waals surface area (Å²) >= 11 is 0. The number of carbonyl (C=O) groups excluding carboxylic acids is 1. The number of carboxylic acid groups (broad SMARTS) is 1. The summed E-state index contributed by atoms with van der Waals surface area (Å²) in [4.78, 5) is 24.1. The van der Waals surface area contributed by atoms with Crippen molar-refractivity contribution in [3.63, 3.8) is 0 Å². The van der Waals surface area contributed by atoms with E-state index in [4.69, 9.17) is 9.84 Å². The van der Waals surface area contributed by atoms with Crippen molar-refractivity contribution in [2.75, 3.05) is 25.5 Å².